The molecule has 0 bridgehead atoms. The zero-order valence-electron chi connectivity index (χ0n) is 12.7. The van der Waals surface area contributed by atoms with Gasteiger partial charge in [-0.2, -0.15) is 0 Å². The summed E-state index contributed by atoms with van der Waals surface area (Å²) >= 11 is 0. The normalized spacial score (nSPS) is 18.0. The highest BCUT2D eigenvalue weighted by molar-refractivity contribution is 5.74. The van der Waals surface area contributed by atoms with Crippen LogP contribution in [0.4, 0.5) is 4.79 Å². The van der Waals surface area contributed by atoms with Crippen LogP contribution in [0.2, 0.25) is 0 Å². The summed E-state index contributed by atoms with van der Waals surface area (Å²) in [6.07, 6.45) is 7.36. The van der Waals surface area contributed by atoms with Gasteiger partial charge in [-0.05, 0) is 38.5 Å². The molecule has 1 rings (SSSR count). The minimum absolute atomic E-state index is 0.000903. The molecule has 1 heterocycles. The number of carboxylic acid groups (broad SMARTS) is 1. The molecule has 0 aromatic carbocycles. The Morgan fingerprint density at radius 3 is 2.62 bits per heavy atom. The van der Waals surface area contributed by atoms with Crippen molar-refractivity contribution >= 4 is 12.0 Å². The number of nitrogens with one attached hydrogen (secondary N) is 1. The van der Waals surface area contributed by atoms with Crippen LogP contribution < -0.4 is 5.32 Å². The van der Waals surface area contributed by atoms with Crippen molar-refractivity contribution < 1.29 is 19.8 Å². The van der Waals surface area contributed by atoms with E-state index >= 15 is 0 Å². The highest BCUT2D eigenvalue weighted by Gasteiger charge is 2.27. The molecule has 3 N–H and O–H groups in total. The molecule has 1 aliphatic heterocycles. The van der Waals surface area contributed by atoms with Crippen molar-refractivity contribution in [1.82, 2.24) is 10.2 Å². The Kier molecular flexibility index (Phi) is 8.82. The van der Waals surface area contributed by atoms with Gasteiger partial charge in [0.05, 0.1) is 0 Å². The van der Waals surface area contributed by atoms with E-state index in [1.165, 1.54) is 0 Å². The molecule has 1 aliphatic rings. The fourth-order valence-electron chi connectivity index (χ4n) is 2.78. The number of aliphatic hydroxyl groups is 1. The predicted molar refractivity (Wildman–Crippen MR) is 80.2 cm³/mol. The summed E-state index contributed by atoms with van der Waals surface area (Å²) in [4.78, 5) is 24.3. The molecule has 0 aromatic rings. The second-order valence-electron chi connectivity index (χ2n) is 5.65. The number of hydrogen-bond acceptors (Lipinski definition) is 3. The van der Waals surface area contributed by atoms with Gasteiger partial charge in [-0.1, -0.05) is 12.8 Å². The van der Waals surface area contributed by atoms with Crippen LogP contribution in [-0.2, 0) is 4.79 Å². The molecular formula is C15H28N2O4. The molecule has 6 nitrogen and oxygen atoms in total. The van der Waals surface area contributed by atoms with Crippen LogP contribution in [0.15, 0.2) is 0 Å². The monoisotopic (exact) mass is 300 g/mol. The fourth-order valence-corrected chi connectivity index (χ4v) is 2.78. The lowest BCUT2D eigenvalue weighted by molar-refractivity contribution is -0.137. The number of aliphatic hydroxyl groups excluding tert-OH is 1. The Balaban J connectivity index is 2.08. The van der Waals surface area contributed by atoms with Gasteiger partial charge in [0.2, 0.25) is 0 Å². The number of carboxylic acids is 1. The van der Waals surface area contributed by atoms with Gasteiger partial charge >= 0.3 is 12.0 Å². The largest absolute Gasteiger partial charge is 0.481 e. The summed E-state index contributed by atoms with van der Waals surface area (Å²) in [6, 6.07) is 0.272. The molecule has 21 heavy (non-hydrogen) atoms. The van der Waals surface area contributed by atoms with Crippen molar-refractivity contribution in [3.8, 4) is 0 Å². The summed E-state index contributed by atoms with van der Waals surface area (Å²) in [5.41, 5.74) is 0. The van der Waals surface area contributed by atoms with Gasteiger partial charge in [-0.3, -0.25) is 4.79 Å². The molecule has 0 radical (unpaired) electrons. The zero-order valence-corrected chi connectivity index (χ0v) is 12.7. The summed E-state index contributed by atoms with van der Waals surface area (Å²) < 4.78 is 0. The molecule has 0 spiro atoms. The smallest absolute Gasteiger partial charge is 0.317 e. The quantitative estimate of drug-likeness (QED) is 0.538. The molecule has 6 heteroatoms. The average Bonchev–Trinajstić information content (AvgIpc) is 2.92. The average molecular weight is 300 g/mol. The lowest BCUT2D eigenvalue weighted by Gasteiger charge is -2.24. The Labute approximate surface area is 126 Å². The van der Waals surface area contributed by atoms with Crippen molar-refractivity contribution in [1.29, 1.82) is 0 Å². The van der Waals surface area contributed by atoms with E-state index in [1.807, 2.05) is 4.90 Å². The standard InChI is InChI=1S/C15H28N2O4/c18-12-6-8-13-7-5-11-17(13)15(21)16-10-4-2-1-3-9-14(19)20/h13,18H,1-12H2,(H,16,21)(H,19,20). The van der Waals surface area contributed by atoms with Gasteiger partial charge in [0.25, 0.3) is 0 Å². The molecule has 1 atom stereocenters. The van der Waals surface area contributed by atoms with Crippen LogP contribution >= 0.6 is 0 Å². The first-order valence-corrected chi connectivity index (χ1v) is 8.02. The number of hydrogen-bond donors (Lipinski definition) is 3. The summed E-state index contributed by atoms with van der Waals surface area (Å²) in [7, 11) is 0. The van der Waals surface area contributed by atoms with E-state index in [1.54, 1.807) is 0 Å². The highest BCUT2D eigenvalue weighted by Crippen LogP contribution is 2.21. The van der Waals surface area contributed by atoms with Crippen LogP contribution in [-0.4, -0.2) is 52.9 Å². The van der Waals surface area contributed by atoms with E-state index in [-0.39, 0.29) is 25.1 Å². The molecule has 0 saturated carbocycles. The third-order valence-electron chi connectivity index (χ3n) is 3.93. The molecule has 1 fully saturated rings. The van der Waals surface area contributed by atoms with Crippen LogP contribution in [0.5, 0.6) is 0 Å². The summed E-state index contributed by atoms with van der Waals surface area (Å²) in [5, 5.41) is 20.3. The SMILES string of the molecule is O=C(O)CCCCCCNC(=O)N1CCCC1CCCO. The van der Waals surface area contributed by atoms with Crippen molar-refractivity contribution in [3.05, 3.63) is 0 Å². The molecule has 0 aliphatic carbocycles. The zero-order chi connectivity index (χ0) is 15.5. The molecule has 1 unspecified atom stereocenters. The maximum absolute atomic E-state index is 12.1. The summed E-state index contributed by atoms with van der Waals surface area (Å²) in [5.74, 6) is -0.744. The maximum atomic E-state index is 12.1. The van der Waals surface area contributed by atoms with Gasteiger partial charge in [-0.15, -0.1) is 0 Å². The number of rotatable bonds is 10. The van der Waals surface area contributed by atoms with E-state index in [0.29, 0.717) is 13.0 Å². The van der Waals surface area contributed by atoms with E-state index in [9.17, 15) is 9.59 Å². The number of aliphatic carboxylic acids is 1. The minimum atomic E-state index is -0.744. The predicted octanol–water partition coefficient (Wildman–Crippen LogP) is 1.97. The van der Waals surface area contributed by atoms with Crippen molar-refractivity contribution in [2.75, 3.05) is 19.7 Å². The number of likely N-dealkylation sites (tertiary alicyclic amines) is 1. The number of unbranched alkanes of at least 4 members (excludes halogenated alkanes) is 3. The van der Waals surface area contributed by atoms with Crippen molar-refractivity contribution in [2.45, 2.75) is 63.8 Å². The van der Waals surface area contributed by atoms with Gasteiger partial charge in [-0.25, -0.2) is 4.79 Å². The number of carbonyl (C=O) groups excluding carboxylic acids is 1. The van der Waals surface area contributed by atoms with Crippen LogP contribution in [0.25, 0.3) is 0 Å². The molecule has 122 valence electrons. The van der Waals surface area contributed by atoms with E-state index in [2.05, 4.69) is 5.32 Å². The topological polar surface area (TPSA) is 89.9 Å². The third-order valence-corrected chi connectivity index (χ3v) is 3.93. The first-order chi connectivity index (χ1) is 10.1. The lowest BCUT2D eigenvalue weighted by Crippen LogP contribution is -2.43. The van der Waals surface area contributed by atoms with Crippen LogP contribution in [0.3, 0.4) is 0 Å². The number of nitrogens with zero attached hydrogens (tertiary/aromatic N) is 1. The molecule has 2 amide bonds. The number of amides is 2. The Bertz CT molecular complexity index is 323. The Hall–Kier alpha value is -1.30. The van der Waals surface area contributed by atoms with Gasteiger partial charge in [0.1, 0.15) is 0 Å². The van der Waals surface area contributed by atoms with Gasteiger partial charge in [0.15, 0.2) is 0 Å². The van der Waals surface area contributed by atoms with Gasteiger partial charge in [0, 0.05) is 32.2 Å². The Morgan fingerprint density at radius 1 is 1.14 bits per heavy atom. The molecule has 1 saturated heterocycles. The van der Waals surface area contributed by atoms with E-state index in [4.69, 9.17) is 10.2 Å². The molecular weight excluding hydrogens is 272 g/mol. The van der Waals surface area contributed by atoms with E-state index < -0.39 is 5.97 Å². The minimum Gasteiger partial charge on any atom is -0.481 e. The highest BCUT2D eigenvalue weighted by atomic mass is 16.4. The van der Waals surface area contributed by atoms with Crippen LogP contribution in [0.1, 0.15) is 57.8 Å². The lowest BCUT2D eigenvalue weighted by atomic mass is 10.1. The third kappa shape index (κ3) is 7.32. The van der Waals surface area contributed by atoms with Crippen LogP contribution in [0, 0.1) is 0 Å². The Morgan fingerprint density at radius 2 is 1.90 bits per heavy atom. The summed E-state index contributed by atoms with van der Waals surface area (Å²) in [6.45, 7) is 1.64. The first kappa shape index (κ1) is 17.8. The van der Waals surface area contributed by atoms with Gasteiger partial charge < -0.3 is 20.4 Å². The van der Waals surface area contributed by atoms with Crippen molar-refractivity contribution in [3.63, 3.8) is 0 Å². The second kappa shape index (κ2) is 10.4. The molecule has 0 aromatic heterocycles. The first-order valence-electron chi connectivity index (χ1n) is 8.02. The second-order valence-corrected chi connectivity index (χ2v) is 5.65. The maximum Gasteiger partial charge on any atom is 0.317 e. The van der Waals surface area contributed by atoms with E-state index in [0.717, 1.165) is 51.5 Å². The fraction of sp³-hybridized carbons (Fsp3) is 0.867. The van der Waals surface area contributed by atoms with Crippen molar-refractivity contribution in [2.24, 2.45) is 0 Å². The number of urea groups is 1. The number of carbonyl (C=O) groups is 2.